The number of ether oxygens (including phenoxy) is 3. The van der Waals surface area contributed by atoms with Crippen LogP contribution in [0, 0.1) is 0 Å². The van der Waals surface area contributed by atoms with Gasteiger partial charge in [-0.2, -0.15) is 0 Å². The summed E-state index contributed by atoms with van der Waals surface area (Å²) in [6.07, 6.45) is 0.978. The molecule has 2 aromatic heterocycles. The van der Waals surface area contributed by atoms with Crippen LogP contribution in [0.2, 0.25) is 0 Å². The van der Waals surface area contributed by atoms with E-state index in [4.69, 9.17) is 14.2 Å². The van der Waals surface area contributed by atoms with Crippen molar-refractivity contribution in [2.45, 2.75) is 19.0 Å². The number of carbonyl (C=O) groups excluding carboxylic acids is 1. The third kappa shape index (κ3) is 4.56. The van der Waals surface area contributed by atoms with E-state index in [0.29, 0.717) is 30.3 Å². The average Bonchev–Trinajstić information content (AvgIpc) is 3.49. The number of hydrogen-bond donors (Lipinski definition) is 1. The molecule has 1 aromatic carbocycles. The molecule has 0 saturated heterocycles. The number of benzene rings is 1. The number of nitrogens with zero attached hydrogens (tertiary/aromatic N) is 1. The van der Waals surface area contributed by atoms with Crippen LogP contribution in [0.3, 0.4) is 0 Å². The number of hydrogen-bond acceptors (Lipinski definition) is 7. The highest BCUT2D eigenvalue weighted by Gasteiger charge is 2.31. The minimum atomic E-state index is -0.0166. The fraction of sp³-hybridized carbons (Fsp3) is 0.348. The van der Waals surface area contributed by atoms with Crippen LogP contribution in [-0.2, 0) is 17.8 Å². The number of thiophene rings is 2. The molecule has 6 nitrogen and oxygen atoms in total. The maximum atomic E-state index is 12.9. The molecule has 31 heavy (non-hydrogen) atoms. The summed E-state index contributed by atoms with van der Waals surface area (Å²) in [5.74, 6) is 1.83. The summed E-state index contributed by atoms with van der Waals surface area (Å²) in [6.45, 7) is 1.56. The molecule has 4 rings (SSSR count). The lowest BCUT2D eigenvalue weighted by molar-refractivity contribution is -0.122. The van der Waals surface area contributed by atoms with Crippen molar-refractivity contribution in [1.29, 1.82) is 0 Å². The second-order valence-electron chi connectivity index (χ2n) is 7.23. The van der Waals surface area contributed by atoms with Gasteiger partial charge in [0.25, 0.3) is 0 Å². The van der Waals surface area contributed by atoms with Crippen LogP contribution in [0.5, 0.6) is 17.2 Å². The van der Waals surface area contributed by atoms with Crippen LogP contribution in [0.1, 0.15) is 26.9 Å². The van der Waals surface area contributed by atoms with E-state index < -0.39 is 0 Å². The molecule has 3 heterocycles. The Morgan fingerprint density at radius 2 is 1.84 bits per heavy atom. The van der Waals surface area contributed by atoms with Gasteiger partial charge in [-0.15, -0.1) is 22.7 Å². The number of amides is 1. The Bertz CT molecular complexity index is 1030. The number of methoxy groups -OCH3 is 3. The second-order valence-corrected chi connectivity index (χ2v) is 9.21. The van der Waals surface area contributed by atoms with Crippen LogP contribution in [-0.4, -0.2) is 45.2 Å². The monoisotopic (exact) mass is 458 g/mol. The van der Waals surface area contributed by atoms with Gasteiger partial charge < -0.3 is 19.5 Å². The number of carbonyl (C=O) groups is 1. The molecule has 3 aromatic rings. The van der Waals surface area contributed by atoms with Crippen molar-refractivity contribution in [3.05, 3.63) is 62.0 Å². The first-order valence-corrected chi connectivity index (χ1v) is 11.8. The summed E-state index contributed by atoms with van der Waals surface area (Å²) in [7, 11) is 4.77. The quantitative estimate of drug-likeness (QED) is 0.551. The van der Waals surface area contributed by atoms with E-state index in [2.05, 4.69) is 39.2 Å². The third-order valence-electron chi connectivity index (χ3n) is 5.49. The Morgan fingerprint density at radius 1 is 1.06 bits per heavy atom. The normalized spacial score (nSPS) is 15.9. The third-order valence-corrected chi connectivity index (χ3v) is 7.41. The molecule has 1 amide bonds. The van der Waals surface area contributed by atoms with E-state index in [1.807, 2.05) is 6.07 Å². The highest BCUT2D eigenvalue weighted by Crippen LogP contribution is 2.39. The number of rotatable bonds is 8. The van der Waals surface area contributed by atoms with Gasteiger partial charge in [0.05, 0.1) is 33.9 Å². The fourth-order valence-electron chi connectivity index (χ4n) is 3.98. The molecule has 1 unspecified atom stereocenters. The molecule has 0 radical (unpaired) electrons. The number of fused-ring (bicyclic) bond motifs is 1. The van der Waals surface area contributed by atoms with Gasteiger partial charge in [-0.3, -0.25) is 9.69 Å². The Hall–Kier alpha value is -2.55. The molecule has 0 spiro atoms. The van der Waals surface area contributed by atoms with Crippen LogP contribution in [0.25, 0.3) is 0 Å². The van der Waals surface area contributed by atoms with Gasteiger partial charge in [0.15, 0.2) is 11.5 Å². The summed E-state index contributed by atoms with van der Waals surface area (Å²) in [6, 6.07) is 10.2. The highest BCUT2D eigenvalue weighted by molar-refractivity contribution is 7.10. The molecule has 0 aliphatic carbocycles. The molecule has 1 N–H and O–H groups in total. The van der Waals surface area contributed by atoms with Crippen molar-refractivity contribution in [1.82, 2.24) is 10.2 Å². The van der Waals surface area contributed by atoms with Gasteiger partial charge in [-0.25, -0.2) is 0 Å². The molecule has 0 saturated carbocycles. The van der Waals surface area contributed by atoms with Crippen LogP contribution in [0.15, 0.2) is 41.1 Å². The molecule has 0 bridgehead atoms. The van der Waals surface area contributed by atoms with E-state index in [1.165, 1.54) is 15.3 Å². The lowest BCUT2D eigenvalue weighted by Gasteiger charge is -2.34. The minimum Gasteiger partial charge on any atom is -0.496 e. The van der Waals surface area contributed by atoms with E-state index in [0.717, 1.165) is 18.5 Å². The van der Waals surface area contributed by atoms with Gasteiger partial charge >= 0.3 is 0 Å². The standard InChI is InChI=1S/C23H26N2O4S2/c1-27-17-12-19(29-3)18(28-2)11-15(17)13-24-22(26)14-25-8-6-20-16(7-10-31-20)23(25)21-5-4-9-30-21/h4-5,7,9-12,23H,6,8,13-14H2,1-3H3,(H,24,26). The molecule has 1 aliphatic rings. The smallest absolute Gasteiger partial charge is 0.234 e. The SMILES string of the molecule is COc1cc(OC)c(OC)cc1CNC(=O)CN1CCc2sccc2C1c1cccs1. The van der Waals surface area contributed by atoms with Crippen LogP contribution in [0.4, 0.5) is 0 Å². The Kier molecular flexibility index (Phi) is 6.80. The largest absolute Gasteiger partial charge is 0.496 e. The summed E-state index contributed by atoms with van der Waals surface area (Å²) in [5, 5.41) is 7.29. The molecule has 8 heteroatoms. The lowest BCUT2D eigenvalue weighted by atomic mass is 9.98. The van der Waals surface area contributed by atoms with E-state index in [-0.39, 0.29) is 11.9 Å². The van der Waals surface area contributed by atoms with E-state index in [1.54, 1.807) is 50.1 Å². The first-order chi connectivity index (χ1) is 15.1. The molecule has 1 aliphatic heterocycles. The first kappa shape index (κ1) is 21.7. The van der Waals surface area contributed by atoms with Crippen molar-refractivity contribution in [3.63, 3.8) is 0 Å². The predicted octanol–water partition coefficient (Wildman–Crippen LogP) is 4.10. The Balaban J connectivity index is 1.47. The van der Waals surface area contributed by atoms with E-state index >= 15 is 0 Å². The lowest BCUT2D eigenvalue weighted by Crippen LogP contribution is -2.42. The highest BCUT2D eigenvalue weighted by atomic mass is 32.1. The van der Waals surface area contributed by atoms with Gasteiger partial charge in [-0.05, 0) is 40.9 Å². The van der Waals surface area contributed by atoms with Gasteiger partial charge in [0.2, 0.25) is 5.91 Å². The molecule has 1 atom stereocenters. The zero-order valence-corrected chi connectivity index (χ0v) is 19.5. The molecular formula is C23H26N2O4S2. The van der Waals surface area contributed by atoms with E-state index in [9.17, 15) is 4.79 Å². The maximum absolute atomic E-state index is 12.9. The van der Waals surface area contributed by atoms with Crippen molar-refractivity contribution < 1.29 is 19.0 Å². The van der Waals surface area contributed by atoms with Crippen molar-refractivity contribution in [2.75, 3.05) is 34.4 Å². The predicted molar refractivity (Wildman–Crippen MR) is 124 cm³/mol. The minimum absolute atomic E-state index is 0.0166. The van der Waals surface area contributed by atoms with Crippen molar-refractivity contribution in [2.24, 2.45) is 0 Å². The zero-order chi connectivity index (χ0) is 21.8. The van der Waals surface area contributed by atoms with Crippen molar-refractivity contribution >= 4 is 28.6 Å². The summed E-state index contributed by atoms with van der Waals surface area (Å²) in [4.78, 5) is 17.8. The van der Waals surface area contributed by atoms with Crippen molar-refractivity contribution in [3.8, 4) is 17.2 Å². The fourth-order valence-corrected chi connectivity index (χ4v) is 5.76. The average molecular weight is 459 g/mol. The van der Waals surface area contributed by atoms with Crippen LogP contribution >= 0.6 is 22.7 Å². The van der Waals surface area contributed by atoms with Crippen LogP contribution < -0.4 is 19.5 Å². The topological polar surface area (TPSA) is 60.0 Å². The first-order valence-electron chi connectivity index (χ1n) is 10.0. The van der Waals surface area contributed by atoms with Gasteiger partial charge in [-0.1, -0.05) is 6.07 Å². The van der Waals surface area contributed by atoms with Gasteiger partial charge in [0, 0.05) is 34.5 Å². The zero-order valence-electron chi connectivity index (χ0n) is 17.8. The number of nitrogens with one attached hydrogen (secondary N) is 1. The maximum Gasteiger partial charge on any atom is 0.234 e. The second kappa shape index (κ2) is 9.72. The summed E-state index contributed by atoms with van der Waals surface area (Å²) >= 11 is 3.55. The summed E-state index contributed by atoms with van der Waals surface area (Å²) < 4.78 is 16.2. The van der Waals surface area contributed by atoms with Gasteiger partial charge in [0.1, 0.15) is 5.75 Å². The Morgan fingerprint density at radius 3 is 2.55 bits per heavy atom. The molecular weight excluding hydrogens is 432 g/mol. The summed E-state index contributed by atoms with van der Waals surface area (Å²) in [5.41, 5.74) is 2.16. The molecule has 0 fully saturated rings. The molecule has 164 valence electrons. The Labute approximate surface area is 190 Å².